The molecule has 0 saturated carbocycles. The molecule has 0 amide bonds. The van der Waals surface area contributed by atoms with Crippen LogP contribution in [-0.4, -0.2) is 12.7 Å². The molecule has 5 heavy (non-hydrogen) atoms. The van der Waals surface area contributed by atoms with Crippen LogP contribution in [0.3, 0.4) is 0 Å². The van der Waals surface area contributed by atoms with Gasteiger partial charge in [-0.1, -0.05) is 0 Å². The number of rotatable bonds is 0. The van der Waals surface area contributed by atoms with Crippen molar-refractivity contribution >= 4 is 23.0 Å². The molecule has 0 aliphatic carbocycles. The molecule has 0 N–H and O–H groups in total. The Morgan fingerprint density at radius 2 is 1.80 bits per heavy atom. The van der Waals surface area contributed by atoms with Gasteiger partial charge in [-0.25, -0.2) is 0 Å². The van der Waals surface area contributed by atoms with Crippen LogP contribution in [0, 0.1) is 0 Å². The van der Waals surface area contributed by atoms with Crippen molar-refractivity contribution in [1.29, 1.82) is 0 Å². The topological polar surface area (TPSA) is 12.5 Å². The van der Waals surface area contributed by atoms with Crippen molar-refractivity contribution in [2.75, 3.05) is 0 Å². The molecule has 0 aromatic rings. The van der Waals surface area contributed by atoms with E-state index >= 15 is 0 Å². The molecule has 0 atom stereocenters. The monoisotopic (exact) mass is 153 g/mol. The Bertz CT molecular complexity index is 47.6. The summed E-state index contributed by atoms with van der Waals surface area (Å²) in [7, 11) is 1.70. The summed E-state index contributed by atoms with van der Waals surface area (Å²) < 4.78 is 4.98. The van der Waals surface area contributed by atoms with Gasteiger partial charge < -0.3 is 0 Å². The summed E-state index contributed by atoms with van der Waals surface area (Å²) in [5.74, 6) is 0. The van der Waals surface area contributed by atoms with Crippen LogP contribution in [0.1, 0.15) is 0 Å². The predicted octanol–water partition coefficient (Wildman–Crippen LogP) is 1.37. The van der Waals surface area contributed by atoms with Crippen LogP contribution in [0.5, 0.6) is 0 Å². The Hall–Kier alpha value is 0.868. The first-order valence-corrected chi connectivity index (χ1v) is 8.94. The minimum atomic E-state index is -1.21. The molecular formula is C2H6AsOS. The fourth-order valence-corrected chi connectivity index (χ4v) is 5.40. The Balaban J connectivity index is 2.38. The molecule has 0 bridgehead atoms. The standard InChI is InChI=1S/C2H6AsOS/c1-3(2)4-5-3/h1-2H3. The van der Waals surface area contributed by atoms with E-state index in [0.717, 1.165) is 0 Å². The molecule has 1 rings (SSSR count). The molecule has 31 valence electrons. The summed E-state index contributed by atoms with van der Waals surface area (Å²) in [4.78, 5) is 0. The third kappa shape index (κ3) is 1.16. The maximum atomic E-state index is 4.98. The van der Waals surface area contributed by atoms with Crippen molar-refractivity contribution in [3.8, 4) is 0 Å². The van der Waals surface area contributed by atoms with E-state index in [1.54, 1.807) is 10.3 Å². The molecule has 1 radical (unpaired) electrons. The van der Waals surface area contributed by atoms with Gasteiger partial charge in [-0.2, -0.15) is 0 Å². The van der Waals surface area contributed by atoms with Gasteiger partial charge in [-0.05, 0) is 0 Å². The van der Waals surface area contributed by atoms with Gasteiger partial charge in [0.15, 0.2) is 0 Å². The molecule has 1 nitrogen and oxygen atoms in total. The van der Waals surface area contributed by atoms with Crippen molar-refractivity contribution in [3.05, 3.63) is 0 Å². The second-order valence-electron chi connectivity index (χ2n) is 1.40. The van der Waals surface area contributed by atoms with Crippen molar-refractivity contribution in [2.45, 2.75) is 11.4 Å². The number of hydrogen-bond donors (Lipinski definition) is 0. The molecule has 1 heterocycles. The normalized spacial score (nSPS) is 30.0. The van der Waals surface area contributed by atoms with Crippen LogP contribution in [0.4, 0.5) is 0 Å². The molecule has 0 unspecified atom stereocenters. The van der Waals surface area contributed by atoms with Gasteiger partial charge in [-0.15, -0.1) is 0 Å². The molecule has 1 fully saturated rings. The summed E-state index contributed by atoms with van der Waals surface area (Å²) in [5.41, 5.74) is 4.42. The van der Waals surface area contributed by atoms with E-state index in [1.807, 2.05) is 0 Å². The van der Waals surface area contributed by atoms with Crippen molar-refractivity contribution in [1.82, 2.24) is 0 Å². The van der Waals surface area contributed by atoms with Gasteiger partial charge in [0.25, 0.3) is 0 Å². The molecule has 1 saturated heterocycles. The number of hydrogen-bond acceptors (Lipinski definition) is 2. The van der Waals surface area contributed by atoms with Crippen molar-refractivity contribution in [3.63, 3.8) is 0 Å². The minimum absolute atomic E-state index is 1.21. The maximum absolute atomic E-state index is 4.98. The molecule has 0 aromatic carbocycles. The zero-order valence-electron chi connectivity index (χ0n) is 3.26. The van der Waals surface area contributed by atoms with E-state index in [-0.39, 0.29) is 0 Å². The Labute approximate surface area is 38.1 Å². The Morgan fingerprint density at radius 3 is 1.80 bits per heavy atom. The fraction of sp³-hybridized carbons (Fsp3) is 1.00. The third-order valence-electron chi connectivity index (χ3n) is 0.373. The Morgan fingerprint density at radius 1 is 1.60 bits per heavy atom. The van der Waals surface area contributed by atoms with E-state index in [9.17, 15) is 0 Å². The van der Waals surface area contributed by atoms with Gasteiger partial charge in [0, 0.05) is 0 Å². The summed E-state index contributed by atoms with van der Waals surface area (Å²) in [6.45, 7) is 0. The first-order chi connectivity index (χ1) is 2.21. The predicted molar refractivity (Wildman–Crippen MR) is 26.2 cm³/mol. The molecule has 3 heteroatoms. The molecule has 0 spiro atoms. The first kappa shape index (κ1) is 4.04. The van der Waals surface area contributed by atoms with Gasteiger partial charge in [-0.3, -0.25) is 0 Å². The average Bonchev–Trinajstić information content (AvgIpc) is 1.76. The van der Waals surface area contributed by atoms with Gasteiger partial charge in [0.1, 0.15) is 0 Å². The van der Waals surface area contributed by atoms with Crippen molar-refractivity contribution < 1.29 is 3.17 Å². The zero-order chi connectivity index (χ0) is 3.91. The molecule has 1 aliphatic heterocycles. The second-order valence-corrected chi connectivity index (χ2v) is 13.4. The zero-order valence-corrected chi connectivity index (χ0v) is 5.96. The van der Waals surface area contributed by atoms with E-state index in [1.165, 1.54) is 0 Å². The van der Waals surface area contributed by atoms with Crippen LogP contribution in [0.15, 0.2) is 0 Å². The summed E-state index contributed by atoms with van der Waals surface area (Å²) in [6, 6.07) is 0. The molecular weight excluding hydrogens is 147 g/mol. The summed E-state index contributed by atoms with van der Waals surface area (Å²) in [6.07, 6.45) is 0. The fourth-order valence-electron chi connectivity index (χ4n) is 0.0667. The van der Waals surface area contributed by atoms with Gasteiger partial charge in [0.05, 0.1) is 0 Å². The van der Waals surface area contributed by atoms with E-state index in [0.29, 0.717) is 0 Å². The van der Waals surface area contributed by atoms with E-state index < -0.39 is 12.7 Å². The van der Waals surface area contributed by atoms with Crippen LogP contribution in [-0.2, 0) is 3.17 Å². The van der Waals surface area contributed by atoms with Gasteiger partial charge >= 0.3 is 37.6 Å². The average molecular weight is 153 g/mol. The molecule has 0 aromatic heterocycles. The summed E-state index contributed by atoms with van der Waals surface area (Å²) in [5, 5.41) is 0. The van der Waals surface area contributed by atoms with E-state index in [4.69, 9.17) is 3.17 Å². The second kappa shape index (κ2) is 0.926. The molecule has 1 aliphatic rings. The van der Waals surface area contributed by atoms with Crippen LogP contribution < -0.4 is 0 Å². The van der Waals surface area contributed by atoms with Crippen LogP contribution in [0.25, 0.3) is 0 Å². The summed E-state index contributed by atoms with van der Waals surface area (Å²) >= 11 is -1.21. The quantitative estimate of drug-likeness (QED) is 0.296. The first-order valence-electron chi connectivity index (χ1n) is 1.43. The third-order valence-corrected chi connectivity index (χ3v) is 5.81. The van der Waals surface area contributed by atoms with Crippen LogP contribution >= 0.6 is 10.3 Å². The Kier molecular flexibility index (Phi) is 0.748. The van der Waals surface area contributed by atoms with Crippen molar-refractivity contribution in [2.24, 2.45) is 0 Å². The van der Waals surface area contributed by atoms with Crippen LogP contribution in [0.2, 0.25) is 11.4 Å². The SMILES string of the molecule is C[As]1(C)OS1. The van der Waals surface area contributed by atoms with Gasteiger partial charge in [0.2, 0.25) is 0 Å². The van der Waals surface area contributed by atoms with E-state index in [2.05, 4.69) is 11.4 Å².